The van der Waals surface area contributed by atoms with Crippen molar-refractivity contribution in [2.75, 3.05) is 23.9 Å². The van der Waals surface area contributed by atoms with Crippen molar-refractivity contribution in [3.05, 3.63) is 71.6 Å². The van der Waals surface area contributed by atoms with Gasteiger partial charge in [0.15, 0.2) is 11.6 Å². The van der Waals surface area contributed by atoms with Crippen LogP contribution in [0.2, 0.25) is 0 Å². The highest BCUT2D eigenvalue weighted by atomic mass is 32.2. The Labute approximate surface area is 204 Å². The van der Waals surface area contributed by atoms with Gasteiger partial charge in [-0.3, -0.25) is 9.12 Å². The Kier molecular flexibility index (Phi) is 7.29. The smallest absolute Gasteiger partial charge is 0.341 e. The van der Waals surface area contributed by atoms with E-state index in [0.29, 0.717) is 23.6 Å². The number of carboxylic acids is 1. The average molecular weight is 501 g/mol. The number of fused-ring (bicyclic) bond motifs is 3. The first-order chi connectivity index (χ1) is 16.8. The van der Waals surface area contributed by atoms with Crippen molar-refractivity contribution in [1.29, 1.82) is 0 Å². The van der Waals surface area contributed by atoms with E-state index in [0.717, 1.165) is 23.5 Å². The molecule has 1 aliphatic heterocycles. The maximum absolute atomic E-state index is 14.2. The minimum Gasteiger partial charge on any atom is -0.482 e. The highest BCUT2D eigenvalue weighted by molar-refractivity contribution is 7.81. The molecule has 0 saturated carbocycles. The third kappa shape index (κ3) is 4.83. The molecular weight excluding hydrogens is 475 g/mol. The molecule has 1 atom stereocenters. The fraction of sp³-hybridized carbons (Fsp3) is 0.250. The number of halogens is 1. The molecule has 0 amide bonds. The summed E-state index contributed by atoms with van der Waals surface area (Å²) in [6.45, 7) is 6.37. The molecule has 9 nitrogen and oxygen atoms in total. The van der Waals surface area contributed by atoms with Gasteiger partial charge in [-0.1, -0.05) is 26.0 Å². The lowest BCUT2D eigenvalue weighted by Gasteiger charge is -2.27. The van der Waals surface area contributed by atoms with Gasteiger partial charge < -0.3 is 14.7 Å². The number of likely N-dealkylation sites (N-methyl/N-ethyl adjacent to an activating group) is 1. The number of hydrogen-bond acceptors (Lipinski definition) is 5. The van der Waals surface area contributed by atoms with E-state index < -0.39 is 23.1 Å². The van der Waals surface area contributed by atoms with Gasteiger partial charge in [0.1, 0.15) is 18.0 Å². The lowest BCUT2D eigenvalue weighted by molar-refractivity contribution is 0.0692. The second-order valence-corrected chi connectivity index (χ2v) is 8.56. The molecule has 2 aromatic carbocycles. The van der Waals surface area contributed by atoms with Gasteiger partial charge in [-0.25, -0.2) is 22.7 Å². The molecule has 4 rings (SSSR count). The van der Waals surface area contributed by atoms with Crippen LogP contribution < -0.4 is 9.04 Å². The molecule has 2 N–H and O–H groups in total. The second kappa shape index (κ2) is 10.4. The van der Waals surface area contributed by atoms with Crippen LogP contribution in [0.5, 0.6) is 5.75 Å². The Bertz CT molecular complexity index is 1310. The first-order valence-corrected chi connectivity index (χ1v) is 12.1. The van der Waals surface area contributed by atoms with Crippen molar-refractivity contribution in [2.24, 2.45) is 0 Å². The largest absolute Gasteiger partial charge is 0.482 e. The third-order valence-corrected chi connectivity index (χ3v) is 6.50. The second-order valence-electron chi connectivity index (χ2n) is 7.73. The molecule has 0 saturated heterocycles. The van der Waals surface area contributed by atoms with E-state index >= 15 is 0 Å². The molecule has 0 fully saturated rings. The van der Waals surface area contributed by atoms with Gasteiger partial charge in [0, 0.05) is 24.5 Å². The SMILES string of the molecule is CCN(CC)CC=Cc1cc(F)ccc1N(c1ccc2c(c1C(=O)O)OCc1nccn1-2)S(=O)O. The van der Waals surface area contributed by atoms with Crippen molar-refractivity contribution < 1.29 is 27.8 Å². The summed E-state index contributed by atoms with van der Waals surface area (Å²) < 4.78 is 45.4. The van der Waals surface area contributed by atoms with Crippen LogP contribution in [0.3, 0.4) is 0 Å². The van der Waals surface area contributed by atoms with Crippen LogP contribution in [0.15, 0.2) is 48.8 Å². The number of aromatic nitrogens is 2. The summed E-state index contributed by atoms with van der Waals surface area (Å²) in [4.78, 5) is 18.7. The quantitative estimate of drug-likeness (QED) is 0.423. The van der Waals surface area contributed by atoms with Crippen LogP contribution in [0, 0.1) is 5.82 Å². The summed E-state index contributed by atoms with van der Waals surface area (Å²) in [5, 5.41) is 10.1. The summed E-state index contributed by atoms with van der Waals surface area (Å²) in [5.41, 5.74) is 0.598. The van der Waals surface area contributed by atoms with Crippen LogP contribution in [0.4, 0.5) is 15.8 Å². The zero-order valence-corrected chi connectivity index (χ0v) is 20.0. The lowest BCUT2D eigenvalue weighted by Crippen LogP contribution is -2.25. The number of rotatable bonds is 9. The highest BCUT2D eigenvalue weighted by Gasteiger charge is 2.31. The van der Waals surface area contributed by atoms with Gasteiger partial charge in [-0.05, 0) is 43.4 Å². The van der Waals surface area contributed by atoms with Crippen molar-refractivity contribution in [1.82, 2.24) is 14.5 Å². The Balaban J connectivity index is 1.85. The topological polar surface area (TPSA) is 108 Å². The van der Waals surface area contributed by atoms with Gasteiger partial charge in [0.05, 0.1) is 17.1 Å². The number of anilines is 2. The molecule has 2 heterocycles. The predicted octanol–water partition coefficient (Wildman–Crippen LogP) is 4.23. The standard InChI is InChI=1S/C24H25FN4O5S/c1-3-27(4-2)12-5-6-16-14-17(25)7-8-18(16)29(35(32)33)19-9-10-20-23(22(19)24(30)31)34-15-21-26-11-13-28(20)21/h5-11,13-14H,3-4,12,15H2,1-2H3,(H,30,31)(H,32,33). The summed E-state index contributed by atoms with van der Waals surface area (Å²) in [7, 11) is 0. The third-order valence-electron chi connectivity index (χ3n) is 5.79. The number of ether oxygens (including phenoxy) is 1. The molecular formula is C24H25FN4O5S. The van der Waals surface area contributed by atoms with E-state index in [2.05, 4.69) is 9.88 Å². The molecule has 0 aliphatic carbocycles. The molecule has 35 heavy (non-hydrogen) atoms. The molecule has 0 spiro atoms. The normalized spacial score (nSPS) is 13.4. The Morgan fingerprint density at radius 3 is 2.69 bits per heavy atom. The maximum atomic E-state index is 14.2. The van der Waals surface area contributed by atoms with E-state index in [-0.39, 0.29) is 29.3 Å². The zero-order valence-electron chi connectivity index (χ0n) is 19.2. The summed E-state index contributed by atoms with van der Waals surface area (Å²) in [6.07, 6.45) is 6.75. The first kappa shape index (κ1) is 24.6. The predicted molar refractivity (Wildman–Crippen MR) is 131 cm³/mol. The van der Waals surface area contributed by atoms with Crippen LogP contribution >= 0.6 is 0 Å². The Morgan fingerprint density at radius 2 is 2.00 bits per heavy atom. The number of aromatic carboxylic acids is 1. The van der Waals surface area contributed by atoms with Crippen molar-refractivity contribution in [3.63, 3.8) is 0 Å². The van der Waals surface area contributed by atoms with Gasteiger partial charge in [-0.15, -0.1) is 0 Å². The van der Waals surface area contributed by atoms with Crippen molar-refractivity contribution in [2.45, 2.75) is 20.5 Å². The van der Waals surface area contributed by atoms with Gasteiger partial charge in [-0.2, -0.15) is 0 Å². The zero-order chi connectivity index (χ0) is 25.1. The fourth-order valence-corrected chi connectivity index (χ4v) is 4.68. The van der Waals surface area contributed by atoms with Crippen LogP contribution in [0.1, 0.15) is 35.6 Å². The Hall–Kier alpha value is -3.54. The summed E-state index contributed by atoms with van der Waals surface area (Å²) in [5.74, 6) is -1.21. The van der Waals surface area contributed by atoms with E-state index in [1.807, 2.05) is 19.9 Å². The van der Waals surface area contributed by atoms with Crippen molar-refractivity contribution in [3.8, 4) is 11.4 Å². The number of carboxylic acid groups (broad SMARTS) is 1. The summed E-state index contributed by atoms with van der Waals surface area (Å²) >= 11 is -2.68. The van der Waals surface area contributed by atoms with Gasteiger partial charge in [0.25, 0.3) is 11.3 Å². The number of carbonyl (C=O) groups is 1. The van der Waals surface area contributed by atoms with Crippen LogP contribution in [-0.2, 0) is 17.9 Å². The first-order valence-electron chi connectivity index (χ1n) is 11.0. The minimum absolute atomic E-state index is 0.0435. The van der Waals surface area contributed by atoms with Gasteiger partial charge in [0.2, 0.25) is 0 Å². The van der Waals surface area contributed by atoms with E-state index in [9.17, 15) is 23.1 Å². The maximum Gasteiger partial charge on any atom is 0.341 e. The van der Waals surface area contributed by atoms with Crippen LogP contribution in [0.25, 0.3) is 11.8 Å². The molecule has 1 unspecified atom stereocenters. The monoisotopic (exact) mass is 500 g/mol. The number of benzene rings is 2. The lowest BCUT2D eigenvalue weighted by atomic mass is 10.1. The molecule has 1 aliphatic rings. The van der Waals surface area contributed by atoms with Crippen molar-refractivity contribution >= 4 is 34.7 Å². The van der Waals surface area contributed by atoms with E-state index in [1.165, 1.54) is 18.2 Å². The highest BCUT2D eigenvalue weighted by Crippen LogP contribution is 2.42. The molecule has 3 aromatic rings. The molecule has 11 heteroatoms. The minimum atomic E-state index is -2.68. The fourth-order valence-electron chi connectivity index (χ4n) is 4.02. The molecule has 184 valence electrons. The molecule has 0 bridgehead atoms. The summed E-state index contributed by atoms with van der Waals surface area (Å²) in [6, 6.07) is 6.77. The van der Waals surface area contributed by atoms with E-state index in [1.54, 1.807) is 29.1 Å². The average Bonchev–Trinajstić information content (AvgIpc) is 3.32. The molecule has 1 aromatic heterocycles. The van der Waals surface area contributed by atoms with E-state index in [4.69, 9.17) is 4.74 Å². The van der Waals surface area contributed by atoms with Gasteiger partial charge >= 0.3 is 5.97 Å². The number of hydrogen-bond donors (Lipinski definition) is 2. The number of imidazole rings is 1. The Morgan fingerprint density at radius 1 is 1.26 bits per heavy atom. The number of nitrogens with zero attached hydrogens (tertiary/aromatic N) is 4. The van der Waals surface area contributed by atoms with Crippen LogP contribution in [-0.4, -0.2) is 53.9 Å². The molecule has 0 radical (unpaired) electrons.